The number of nitriles is 1. The minimum atomic E-state index is -0.0520. The van der Waals surface area contributed by atoms with E-state index in [1.165, 1.54) is 11.1 Å². The number of benzene rings is 2. The van der Waals surface area contributed by atoms with E-state index >= 15 is 0 Å². The molecule has 0 saturated carbocycles. The Morgan fingerprint density at radius 2 is 1.96 bits per heavy atom. The van der Waals surface area contributed by atoms with E-state index in [2.05, 4.69) is 49.5 Å². The fraction of sp³-hybridized carbons (Fsp3) is 0.263. The van der Waals surface area contributed by atoms with Crippen LogP contribution in [0.15, 0.2) is 48.5 Å². The molecular weight excluding hydrogens is 304 g/mol. The predicted molar refractivity (Wildman–Crippen MR) is 96.5 cm³/mol. The second kappa shape index (κ2) is 8.40. The summed E-state index contributed by atoms with van der Waals surface area (Å²) in [6.45, 7) is 4.35. The molecule has 0 bridgehead atoms. The van der Waals surface area contributed by atoms with Crippen molar-refractivity contribution in [2.75, 3.05) is 11.1 Å². The topological polar surface area (TPSA) is 52.9 Å². The highest BCUT2D eigenvalue weighted by molar-refractivity contribution is 7.99. The molecule has 1 amide bonds. The van der Waals surface area contributed by atoms with Crippen LogP contribution in [0.3, 0.4) is 0 Å². The molecule has 0 aromatic heterocycles. The molecule has 118 valence electrons. The average molecular weight is 324 g/mol. The quantitative estimate of drug-likeness (QED) is 0.848. The van der Waals surface area contributed by atoms with Gasteiger partial charge in [-0.05, 0) is 35.2 Å². The molecular formula is C19H20N2OS. The molecule has 0 saturated heterocycles. The van der Waals surface area contributed by atoms with Crippen molar-refractivity contribution in [3.63, 3.8) is 0 Å². The van der Waals surface area contributed by atoms with Crippen molar-refractivity contribution in [3.8, 4) is 6.07 Å². The number of anilines is 1. The summed E-state index contributed by atoms with van der Waals surface area (Å²) in [5, 5.41) is 11.7. The van der Waals surface area contributed by atoms with Crippen LogP contribution in [-0.4, -0.2) is 11.7 Å². The third-order valence-corrected chi connectivity index (χ3v) is 4.43. The smallest absolute Gasteiger partial charge is 0.234 e. The van der Waals surface area contributed by atoms with Gasteiger partial charge in [0.1, 0.15) is 0 Å². The second-order valence-electron chi connectivity index (χ2n) is 5.63. The highest BCUT2D eigenvalue weighted by atomic mass is 32.2. The van der Waals surface area contributed by atoms with E-state index in [4.69, 9.17) is 5.26 Å². The van der Waals surface area contributed by atoms with Gasteiger partial charge in [0.2, 0.25) is 5.91 Å². The fourth-order valence-corrected chi connectivity index (χ4v) is 2.91. The SMILES string of the molecule is CC(C)c1ccc(CSCC(=O)Nc2cccc(C#N)c2)cc1. The standard InChI is InChI=1S/C19H20N2OS/c1-14(2)17-8-6-15(7-9-17)12-23-13-19(22)21-18-5-3-4-16(10-18)11-20/h3-10,14H,12-13H2,1-2H3,(H,21,22). The maximum atomic E-state index is 11.9. The number of carbonyl (C=O) groups excluding carboxylic acids is 1. The summed E-state index contributed by atoms with van der Waals surface area (Å²) < 4.78 is 0. The predicted octanol–water partition coefficient (Wildman–Crippen LogP) is 4.55. The van der Waals surface area contributed by atoms with Gasteiger partial charge in [-0.15, -0.1) is 11.8 Å². The Morgan fingerprint density at radius 3 is 2.61 bits per heavy atom. The van der Waals surface area contributed by atoms with Gasteiger partial charge in [-0.3, -0.25) is 4.79 Å². The van der Waals surface area contributed by atoms with Gasteiger partial charge in [0.15, 0.2) is 0 Å². The van der Waals surface area contributed by atoms with Crippen molar-refractivity contribution < 1.29 is 4.79 Å². The number of hydrogen-bond acceptors (Lipinski definition) is 3. The zero-order valence-electron chi connectivity index (χ0n) is 13.4. The van der Waals surface area contributed by atoms with Crippen molar-refractivity contribution >= 4 is 23.4 Å². The van der Waals surface area contributed by atoms with Crippen molar-refractivity contribution in [1.82, 2.24) is 0 Å². The lowest BCUT2D eigenvalue weighted by Crippen LogP contribution is -2.14. The van der Waals surface area contributed by atoms with Crippen molar-refractivity contribution in [1.29, 1.82) is 5.26 Å². The number of nitrogens with one attached hydrogen (secondary N) is 1. The van der Waals surface area contributed by atoms with Crippen molar-refractivity contribution in [2.24, 2.45) is 0 Å². The lowest BCUT2D eigenvalue weighted by molar-refractivity contribution is -0.113. The fourth-order valence-electron chi connectivity index (χ4n) is 2.12. The van der Waals surface area contributed by atoms with Gasteiger partial charge in [0.25, 0.3) is 0 Å². The number of hydrogen-bond donors (Lipinski definition) is 1. The van der Waals surface area contributed by atoms with Crippen LogP contribution in [0.2, 0.25) is 0 Å². The molecule has 0 spiro atoms. The first-order valence-corrected chi connectivity index (χ1v) is 8.70. The lowest BCUT2D eigenvalue weighted by atomic mass is 10.0. The van der Waals surface area contributed by atoms with Crippen LogP contribution in [0.1, 0.15) is 36.5 Å². The minimum absolute atomic E-state index is 0.0520. The Balaban J connectivity index is 1.79. The first-order chi connectivity index (χ1) is 11.1. The molecule has 0 aliphatic carbocycles. The lowest BCUT2D eigenvalue weighted by Gasteiger charge is -2.07. The molecule has 0 fully saturated rings. The van der Waals surface area contributed by atoms with Crippen LogP contribution < -0.4 is 5.32 Å². The highest BCUT2D eigenvalue weighted by Crippen LogP contribution is 2.18. The van der Waals surface area contributed by atoms with Gasteiger partial charge in [-0.25, -0.2) is 0 Å². The number of nitrogens with zero attached hydrogens (tertiary/aromatic N) is 1. The molecule has 0 heterocycles. The third kappa shape index (κ3) is 5.46. The summed E-state index contributed by atoms with van der Waals surface area (Å²) in [6, 6.07) is 17.5. The van der Waals surface area contributed by atoms with Gasteiger partial charge in [0.05, 0.1) is 17.4 Å². The van der Waals surface area contributed by atoms with E-state index < -0.39 is 0 Å². The maximum Gasteiger partial charge on any atom is 0.234 e. The Bertz CT molecular complexity index is 702. The van der Waals surface area contributed by atoms with Crippen LogP contribution >= 0.6 is 11.8 Å². The average Bonchev–Trinajstić information content (AvgIpc) is 2.55. The van der Waals surface area contributed by atoms with Crippen LogP contribution in [0, 0.1) is 11.3 Å². The number of thioether (sulfide) groups is 1. The van der Waals surface area contributed by atoms with E-state index in [1.807, 2.05) is 0 Å². The Hall–Kier alpha value is -2.25. The van der Waals surface area contributed by atoms with Gasteiger partial charge in [-0.1, -0.05) is 44.2 Å². The summed E-state index contributed by atoms with van der Waals surface area (Å²) in [5.74, 6) is 1.68. The van der Waals surface area contributed by atoms with Crippen molar-refractivity contribution in [2.45, 2.75) is 25.5 Å². The highest BCUT2D eigenvalue weighted by Gasteiger charge is 2.04. The summed E-state index contributed by atoms with van der Waals surface area (Å²) in [7, 11) is 0. The zero-order valence-corrected chi connectivity index (χ0v) is 14.2. The zero-order chi connectivity index (χ0) is 16.7. The number of rotatable bonds is 6. The Morgan fingerprint density at radius 1 is 1.22 bits per heavy atom. The van der Waals surface area contributed by atoms with Crippen LogP contribution in [0.4, 0.5) is 5.69 Å². The third-order valence-electron chi connectivity index (χ3n) is 3.42. The molecule has 0 aliphatic rings. The monoisotopic (exact) mass is 324 g/mol. The number of amides is 1. The Labute approximate surface area is 141 Å². The normalized spacial score (nSPS) is 10.3. The van der Waals surface area contributed by atoms with Gasteiger partial charge >= 0.3 is 0 Å². The van der Waals surface area contributed by atoms with E-state index in [0.717, 1.165) is 5.75 Å². The molecule has 2 rings (SSSR count). The molecule has 0 radical (unpaired) electrons. The maximum absolute atomic E-state index is 11.9. The summed E-state index contributed by atoms with van der Waals surface area (Å²) in [6.07, 6.45) is 0. The molecule has 3 nitrogen and oxygen atoms in total. The summed E-state index contributed by atoms with van der Waals surface area (Å²) >= 11 is 1.58. The number of carbonyl (C=O) groups is 1. The van der Waals surface area contributed by atoms with Crippen LogP contribution in [-0.2, 0) is 10.5 Å². The second-order valence-corrected chi connectivity index (χ2v) is 6.62. The first kappa shape index (κ1) is 17.1. The van der Waals surface area contributed by atoms with E-state index in [-0.39, 0.29) is 5.91 Å². The molecule has 2 aromatic rings. The van der Waals surface area contributed by atoms with Crippen LogP contribution in [0.25, 0.3) is 0 Å². The molecule has 1 N–H and O–H groups in total. The molecule has 4 heteroatoms. The van der Waals surface area contributed by atoms with E-state index in [9.17, 15) is 4.79 Å². The first-order valence-electron chi connectivity index (χ1n) is 7.55. The largest absolute Gasteiger partial charge is 0.325 e. The van der Waals surface area contributed by atoms with E-state index in [1.54, 1.807) is 36.0 Å². The van der Waals surface area contributed by atoms with E-state index in [0.29, 0.717) is 22.9 Å². The summed E-state index contributed by atoms with van der Waals surface area (Å²) in [4.78, 5) is 11.9. The van der Waals surface area contributed by atoms with Crippen molar-refractivity contribution in [3.05, 3.63) is 65.2 Å². The molecule has 23 heavy (non-hydrogen) atoms. The van der Waals surface area contributed by atoms with Gasteiger partial charge in [-0.2, -0.15) is 5.26 Å². The Kier molecular flexibility index (Phi) is 6.25. The minimum Gasteiger partial charge on any atom is -0.325 e. The van der Waals surface area contributed by atoms with Gasteiger partial charge in [0, 0.05) is 11.4 Å². The van der Waals surface area contributed by atoms with Gasteiger partial charge < -0.3 is 5.32 Å². The molecule has 0 aliphatic heterocycles. The molecule has 0 atom stereocenters. The molecule has 0 unspecified atom stereocenters. The summed E-state index contributed by atoms with van der Waals surface area (Å²) in [5.41, 5.74) is 3.75. The van der Waals surface area contributed by atoms with Crippen LogP contribution in [0.5, 0.6) is 0 Å². The molecule has 2 aromatic carbocycles.